The molecule has 2 amide bonds. The fourth-order valence-corrected chi connectivity index (χ4v) is 3.47. The summed E-state index contributed by atoms with van der Waals surface area (Å²) in [6.07, 6.45) is 0.913. The molecule has 142 valence electrons. The lowest BCUT2D eigenvalue weighted by molar-refractivity contribution is -0.127. The van der Waals surface area contributed by atoms with E-state index >= 15 is 0 Å². The third-order valence-electron chi connectivity index (χ3n) is 4.79. The average Bonchev–Trinajstić information content (AvgIpc) is 3.10. The summed E-state index contributed by atoms with van der Waals surface area (Å²) in [7, 11) is 1.78. The molecule has 7 heteroatoms. The minimum atomic E-state index is -0.142. The first kappa shape index (κ1) is 19.3. The molecule has 1 fully saturated rings. The van der Waals surface area contributed by atoms with Crippen LogP contribution in [0, 0.1) is 12.8 Å². The van der Waals surface area contributed by atoms with E-state index in [9.17, 15) is 9.59 Å². The molecule has 0 radical (unpaired) electrons. The number of benzene rings is 1. The first-order valence-electron chi connectivity index (χ1n) is 8.96. The Bertz CT molecular complexity index is 854. The van der Waals surface area contributed by atoms with Crippen LogP contribution in [-0.2, 0) is 4.79 Å². The topological polar surface area (TPSA) is 66.4 Å². The maximum Gasteiger partial charge on any atom is 0.272 e. The van der Waals surface area contributed by atoms with Crippen molar-refractivity contribution in [3.63, 3.8) is 0 Å². The van der Waals surface area contributed by atoms with Crippen LogP contribution in [0.4, 0.5) is 0 Å². The number of hydrogen-bond donors (Lipinski definition) is 0. The number of hydrogen-bond acceptors (Lipinski definition) is 4. The van der Waals surface area contributed by atoms with Crippen molar-refractivity contribution in [2.75, 3.05) is 26.7 Å². The van der Waals surface area contributed by atoms with Gasteiger partial charge in [-0.15, -0.1) is 0 Å². The van der Waals surface area contributed by atoms with Crippen molar-refractivity contribution >= 4 is 23.4 Å². The van der Waals surface area contributed by atoms with Crippen LogP contribution in [0.1, 0.15) is 29.5 Å². The molecule has 1 aliphatic rings. The summed E-state index contributed by atoms with van der Waals surface area (Å²) >= 11 is 5.94. The molecule has 1 aromatic carbocycles. The van der Waals surface area contributed by atoms with Crippen molar-refractivity contribution in [1.82, 2.24) is 19.8 Å². The lowest BCUT2D eigenvalue weighted by atomic mass is 10.1. The Morgan fingerprint density at radius 1 is 1.26 bits per heavy atom. The summed E-state index contributed by atoms with van der Waals surface area (Å²) in [4.78, 5) is 36.8. The summed E-state index contributed by atoms with van der Waals surface area (Å²) in [5.74, 6) is 0.746. The molecule has 1 aliphatic heterocycles. The number of rotatable bonds is 4. The van der Waals surface area contributed by atoms with E-state index in [0.717, 1.165) is 24.2 Å². The number of carbonyl (C=O) groups excluding carboxylic acids is 2. The van der Waals surface area contributed by atoms with E-state index in [-0.39, 0.29) is 11.8 Å². The van der Waals surface area contributed by atoms with Crippen molar-refractivity contribution < 1.29 is 9.59 Å². The minimum absolute atomic E-state index is 0.0884. The van der Waals surface area contributed by atoms with Gasteiger partial charge < -0.3 is 9.80 Å². The summed E-state index contributed by atoms with van der Waals surface area (Å²) in [6.45, 7) is 5.49. The number of aromatic nitrogens is 2. The third-order valence-corrected chi connectivity index (χ3v) is 5.04. The van der Waals surface area contributed by atoms with Crippen LogP contribution in [0.2, 0.25) is 5.02 Å². The van der Waals surface area contributed by atoms with Gasteiger partial charge in [-0.3, -0.25) is 9.59 Å². The van der Waals surface area contributed by atoms with Crippen molar-refractivity contribution in [3.8, 4) is 11.4 Å². The molecule has 2 heterocycles. The molecule has 1 saturated heterocycles. The monoisotopic (exact) mass is 386 g/mol. The standard InChI is InChI=1S/C20H23ClN4O2/c1-13-10-18(23-19(22-13)16-4-6-17(21)7-5-16)20(27)24(3)11-15-8-9-25(12-15)14(2)26/h4-7,10,15H,8-9,11-12H2,1-3H3. The smallest absolute Gasteiger partial charge is 0.272 e. The molecule has 2 aromatic rings. The number of likely N-dealkylation sites (tertiary alicyclic amines) is 1. The highest BCUT2D eigenvalue weighted by Gasteiger charge is 2.27. The molecule has 1 aromatic heterocycles. The third kappa shape index (κ3) is 4.63. The lowest BCUT2D eigenvalue weighted by Gasteiger charge is -2.21. The summed E-state index contributed by atoms with van der Waals surface area (Å²) in [5.41, 5.74) is 1.92. The van der Waals surface area contributed by atoms with Gasteiger partial charge in [0.1, 0.15) is 5.69 Å². The Morgan fingerprint density at radius 3 is 2.59 bits per heavy atom. The number of nitrogens with zero attached hydrogens (tertiary/aromatic N) is 4. The second-order valence-electron chi connectivity index (χ2n) is 7.03. The first-order chi connectivity index (χ1) is 12.8. The Kier molecular flexibility index (Phi) is 5.75. The van der Waals surface area contributed by atoms with Crippen LogP contribution in [0.3, 0.4) is 0 Å². The minimum Gasteiger partial charge on any atom is -0.343 e. The van der Waals surface area contributed by atoms with Gasteiger partial charge in [0.05, 0.1) is 0 Å². The van der Waals surface area contributed by atoms with Gasteiger partial charge in [0.15, 0.2) is 5.82 Å². The van der Waals surface area contributed by atoms with Gasteiger partial charge in [0.2, 0.25) is 5.91 Å². The van der Waals surface area contributed by atoms with Crippen LogP contribution >= 0.6 is 11.6 Å². The Morgan fingerprint density at radius 2 is 1.96 bits per heavy atom. The van der Waals surface area contributed by atoms with Crippen LogP contribution in [0.25, 0.3) is 11.4 Å². The number of amides is 2. The predicted molar refractivity (Wildman–Crippen MR) is 105 cm³/mol. The van der Waals surface area contributed by atoms with Crippen LogP contribution in [-0.4, -0.2) is 58.3 Å². The van der Waals surface area contributed by atoms with Gasteiger partial charge in [-0.25, -0.2) is 9.97 Å². The summed E-state index contributed by atoms with van der Waals surface area (Å²) in [5, 5.41) is 0.638. The highest BCUT2D eigenvalue weighted by atomic mass is 35.5. The summed E-state index contributed by atoms with van der Waals surface area (Å²) < 4.78 is 0. The average molecular weight is 387 g/mol. The molecule has 1 atom stereocenters. The van der Waals surface area contributed by atoms with Gasteiger partial charge in [-0.05, 0) is 49.6 Å². The molecule has 3 rings (SSSR count). The maximum atomic E-state index is 12.9. The highest BCUT2D eigenvalue weighted by Crippen LogP contribution is 2.21. The molecule has 27 heavy (non-hydrogen) atoms. The fraction of sp³-hybridized carbons (Fsp3) is 0.400. The van der Waals surface area contributed by atoms with E-state index in [1.165, 1.54) is 0 Å². The zero-order valence-electron chi connectivity index (χ0n) is 15.8. The Hall–Kier alpha value is -2.47. The van der Waals surface area contributed by atoms with E-state index in [4.69, 9.17) is 11.6 Å². The van der Waals surface area contributed by atoms with Gasteiger partial charge in [-0.1, -0.05) is 11.6 Å². The maximum absolute atomic E-state index is 12.9. The van der Waals surface area contributed by atoms with E-state index in [2.05, 4.69) is 9.97 Å². The molecule has 6 nitrogen and oxygen atoms in total. The molecule has 0 aliphatic carbocycles. The molecule has 0 saturated carbocycles. The van der Waals surface area contributed by atoms with Crippen LogP contribution < -0.4 is 0 Å². The Balaban J connectivity index is 1.74. The number of carbonyl (C=O) groups is 2. The molecular weight excluding hydrogens is 364 g/mol. The molecule has 1 unspecified atom stereocenters. The quantitative estimate of drug-likeness (QED) is 0.810. The summed E-state index contributed by atoms with van der Waals surface area (Å²) in [6, 6.07) is 8.93. The van der Waals surface area contributed by atoms with Crippen molar-refractivity contribution in [3.05, 3.63) is 46.7 Å². The van der Waals surface area contributed by atoms with E-state index < -0.39 is 0 Å². The van der Waals surface area contributed by atoms with Crippen molar-refractivity contribution in [2.24, 2.45) is 5.92 Å². The highest BCUT2D eigenvalue weighted by molar-refractivity contribution is 6.30. The van der Waals surface area contributed by atoms with Gasteiger partial charge in [0.25, 0.3) is 5.91 Å². The van der Waals surface area contributed by atoms with E-state index in [0.29, 0.717) is 35.5 Å². The molecule has 0 spiro atoms. The van der Waals surface area contributed by atoms with Gasteiger partial charge >= 0.3 is 0 Å². The van der Waals surface area contributed by atoms with Crippen molar-refractivity contribution in [1.29, 1.82) is 0 Å². The predicted octanol–water partition coefficient (Wildman–Crippen LogP) is 3.05. The SMILES string of the molecule is CC(=O)N1CCC(CN(C)C(=O)c2cc(C)nc(-c3ccc(Cl)cc3)n2)C1. The number of aryl methyl sites for hydroxylation is 1. The Labute approximate surface area is 164 Å². The van der Waals surface area contributed by atoms with Crippen LogP contribution in [0.15, 0.2) is 30.3 Å². The number of halogens is 1. The van der Waals surface area contributed by atoms with E-state index in [1.807, 2.05) is 24.0 Å². The normalized spacial score (nSPS) is 16.4. The first-order valence-corrected chi connectivity index (χ1v) is 9.34. The second-order valence-corrected chi connectivity index (χ2v) is 7.47. The lowest BCUT2D eigenvalue weighted by Crippen LogP contribution is -2.34. The zero-order chi connectivity index (χ0) is 19.6. The molecule has 0 bridgehead atoms. The molecular formula is C20H23ClN4O2. The largest absolute Gasteiger partial charge is 0.343 e. The van der Waals surface area contributed by atoms with Crippen LogP contribution in [0.5, 0.6) is 0 Å². The second kappa shape index (κ2) is 8.05. The van der Waals surface area contributed by atoms with Gasteiger partial charge in [0, 0.05) is 49.9 Å². The van der Waals surface area contributed by atoms with E-state index in [1.54, 1.807) is 37.1 Å². The zero-order valence-corrected chi connectivity index (χ0v) is 16.5. The van der Waals surface area contributed by atoms with Gasteiger partial charge in [-0.2, -0.15) is 0 Å². The molecule has 0 N–H and O–H groups in total. The fourth-order valence-electron chi connectivity index (χ4n) is 3.34. The van der Waals surface area contributed by atoms with Crippen molar-refractivity contribution in [2.45, 2.75) is 20.3 Å².